The number of pyridine rings is 1. The number of ether oxygens (including phenoxy) is 1. The zero-order valence-corrected chi connectivity index (χ0v) is 12.0. The SMILES string of the molecule is Nc1ncccc1CN1CC2(COc3ccccc3C2)C1. The van der Waals surface area contributed by atoms with Crippen molar-refractivity contribution >= 4 is 5.82 Å². The highest BCUT2D eigenvalue weighted by Gasteiger charge is 2.46. The summed E-state index contributed by atoms with van der Waals surface area (Å²) < 4.78 is 5.94. The molecule has 108 valence electrons. The molecule has 0 bridgehead atoms. The second kappa shape index (κ2) is 4.74. The van der Waals surface area contributed by atoms with E-state index in [0.29, 0.717) is 5.82 Å². The van der Waals surface area contributed by atoms with Gasteiger partial charge in [0.15, 0.2) is 0 Å². The molecule has 0 unspecified atom stereocenters. The summed E-state index contributed by atoms with van der Waals surface area (Å²) in [5.74, 6) is 1.70. The third-order valence-corrected chi connectivity index (χ3v) is 4.51. The van der Waals surface area contributed by atoms with Gasteiger partial charge in [0.2, 0.25) is 0 Å². The van der Waals surface area contributed by atoms with Gasteiger partial charge in [0.05, 0.1) is 6.61 Å². The molecule has 1 fully saturated rings. The summed E-state index contributed by atoms with van der Waals surface area (Å²) >= 11 is 0. The van der Waals surface area contributed by atoms with Gasteiger partial charge < -0.3 is 10.5 Å². The van der Waals surface area contributed by atoms with Crippen molar-refractivity contribution in [1.82, 2.24) is 9.88 Å². The Morgan fingerprint density at radius 1 is 1.19 bits per heavy atom. The number of anilines is 1. The van der Waals surface area contributed by atoms with Gasteiger partial charge in [-0.05, 0) is 24.1 Å². The van der Waals surface area contributed by atoms with Crippen molar-refractivity contribution in [3.05, 3.63) is 53.7 Å². The molecular weight excluding hydrogens is 262 g/mol. The third-order valence-electron chi connectivity index (χ3n) is 4.51. The van der Waals surface area contributed by atoms with E-state index in [1.807, 2.05) is 12.1 Å². The summed E-state index contributed by atoms with van der Waals surface area (Å²) in [5, 5.41) is 0. The molecule has 2 N–H and O–H groups in total. The monoisotopic (exact) mass is 281 g/mol. The molecule has 1 spiro atoms. The van der Waals surface area contributed by atoms with Crippen molar-refractivity contribution in [3.63, 3.8) is 0 Å². The molecule has 2 aliphatic rings. The highest BCUT2D eigenvalue weighted by molar-refractivity contribution is 5.39. The van der Waals surface area contributed by atoms with Crippen molar-refractivity contribution in [2.45, 2.75) is 13.0 Å². The summed E-state index contributed by atoms with van der Waals surface area (Å²) in [5.41, 5.74) is 8.65. The van der Waals surface area contributed by atoms with Crippen molar-refractivity contribution < 1.29 is 4.74 Å². The molecule has 0 atom stereocenters. The lowest BCUT2D eigenvalue weighted by atomic mass is 9.74. The van der Waals surface area contributed by atoms with Crippen LogP contribution in [0.1, 0.15) is 11.1 Å². The van der Waals surface area contributed by atoms with Crippen LogP contribution in [0.15, 0.2) is 42.6 Å². The second-order valence-electron chi connectivity index (χ2n) is 6.27. The van der Waals surface area contributed by atoms with Crippen LogP contribution >= 0.6 is 0 Å². The van der Waals surface area contributed by atoms with Gasteiger partial charge in [-0.25, -0.2) is 4.98 Å². The number of para-hydroxylation sites is 1. The molecule has 0 amide bonds. The van der Waals surface area contributed by atoms with Gasteiger partial charge in [-0.2, -0.15) is 0 Å². The molecular formula is C17H19N3O. The maximum Gasteiger partial charge on any atom is 0.127 e. The van der Waals surface area contributed by atoms with E-state index in [9.17, 15) is 0 Å². The van der Waals surface area contributed by atoms with Crippen LogP contribution in [-0.4, -0.2) is 29.6 Å². The van der Waals surface area contributed by atoms with Gasteiger partial charge in [-0.15, -0.1) is 0 Å². The minimum absolute atomic E-state index is 0.283. The Kier molecular flexibility index (Phi) is 2.86. The number of nitrogens with zero attached hydrogens (tertiary/aromatic N) is 2. The molecule has 2 aromatic rings. The Balaban J connectivity index is 1.43. The first-order valence-corrected chi connectivity index (χ1v) is 7.37. The first-order chi connectivity index (χ1) is 10.2. The average molecular weight is 281 g/mol. The van der Waals surface area contributed by atoms with Crippen molar-refractivity contribution in [2.24, 2.45) is 5.41 Å². The summed E-state index contributed by atoms with van der Waals surface area (Å²) in [4.78, 5) is 6.57. The van der Waals surface area contributed by atoms with Crippen LogP contribution in [0.3, 0.4) is 0 Å². The van der Waals surface area contributed by atoms with E-state index in [-0.39, 0.29) is 5.41 Å². The first-order valence-electron chi connectivity index (χ1n) is 7.37. The number of hydrogen-bond donors (Lipinski definition) is 1. The number of nitrogen functional groups attached to an aromatic ring is 1. The summed E-state index contributed by atoms with van der Waals surface area (Å²) in [6.07, 6.45) is 2.85. The van der Waals surface area contributed by atoms with E-state index >= 15 is 0 Å². The molecule has 0 aliphatic carbocycles. The fourth-order valence-corrected chi connectivity index (χ4v) is 3.52. The summed E-state index contributed by atoms with van der Waals surface area (Å²) in [6.45, 7) is 3.83. The van der Waals surface area contributed by atoms with E-state index in [1.54, 1.807) is 6.20 Å². The molecule has 2 aliphatic heterocycles. The molecule has 0 saturated carbocycles. The summed E-state index contributed by atoms with van der Waals surface area (Å²) in [6, 6.07) is 12.4. The van der Waals surface area contributed by atoms with Gasteiger partial charge in [-0.1, -0.05) is 24.3 Å². The quantitative estimate of drug-likeness (QED) is 0.916. The zero-order valence-electron chi connectivity index (χ0n) is 12.0. The Morgan fingerprint density at radius 3 is 2.90 bits per heavy atom. The number of rotatable bonds is 2. The Labute approximate surface area is 124 Å². The van der Waals surface area contributed by atoms with Crippen molar-refractivity contribution in [2.75, 3.05) is 25.4 Å². The molecule has 4 heteroatoms. The summed E-state index contributed by atoms with van der Waals surface area (Å²) in [7, 11) is 0. The average Bonchev–Trinajstić information content (AvgIpc) is 2.48. The highest BCUT2D eigenvalue weighted by Crippen LogP contribution is 2.41. The topological polar surface area (TPSA) is 51.4 Å². The van der Waals surface area contributed by atoms with Gasteiger partial charge >= 0.3 is 0 Å². The molecule has 0 radical (unpaired) electrons. The van der Waals surface area contributed by atoms with Crippen LogP contribution in [0.4, 0.5) is 5.82 Å². The van der Waals surface area contributed by atoms with Crippen LogP contribution < -0.4 is 10.5 Å². The fourth-order valence-electron chi connectivity index (χ4n) is 3.52. The van der Waals surface area contributed by atoms with Gasteiger partial charge in [-0.3, -0.25) is 4.90 Å². The highest BCUT2D eigenvalue weighted by atomic mass is 16.5. The van der Waals surface area contributed by atoms with Crippen molar-refractivity contribution in [3.8, 4) is 5.75 Å². The predicted octanol–water partition coefficient (Wildman–Crippen LogP) is 2.10. The van der Waals surface area contributed by atoms with Crippen LogP contribution in [0, 0.1) is 5.41 Å². The van der Waals surface area contributed by atoms with E-state index in [0.717, 1.165) is 44.0 Å². The van der Waals surface area contributed by atoms with Gasteiger partial charge in [0.25, 0.3) is 0 Å². The van der Waals surface area contributed by atoms with E-state index in [2.05, 4.69) is 34.1 Å². The third kappa shape index (κ3) is 2.25. The minimum Gasteiger partial charge on any atom is -0.493 e. The first kappa shape index (κ1) is 12.7. The fraction of sp³-hybridized carbons (Fsp3) is 0.353. The molecule has 4 nitrogen and oxygen atoms in total. The molecule has 1 aromatic heterocycles. The smallest absolute Gasteiger partial charge is 0.127 e. The Bertz CT molecular complexity index is 665. The largest absolute Gasteiger partial charge is 0.493 e. The number of hydrogen-bond acceptors (Lipinski definition) is 4. The Hall–Kier alpha value is -2.07. The number of benzene rings is 1. The number of likely N-dealkylation sites (tertiary alicyclic amines) is 1. The molecule has 21 heavy (non-hydrogen) atoms. The lowest BCUT2D eigenvalue weighted by Crippen LogP contribution is -2.60. The maximum absolute atomic E-state index is 5.94. The maximum atomic E-state index is 5.94. The lowest BCUT2D eigenvalue weighted by Gasteiger charge is -2.52. The minimum atomic E-state index is 0.283. The molecule has 3 heterocycles. The molecule has 1 saturated heterocycles. The zero-order chi connectivity index (χ0) is 14.3. The van der Waals surface area contributed by atoms with Gasteiger partial charge in [0.1, 0.15) is 11.6 Å². The molecule has 1 aromatic carbocycles. The lowest BCUT2D eigenvalue weighted by molar-refractivity contribution is -0.0477. The predicted molar refractivity (Wildman–Crippen MR) is 82.0 cm³/mol. The number of fused-ring (bicyclic) bond motifs is 1. The van der Waals surface area contributed by atoms with Crippen LogP contribution in [0.2, 0.25) is 0 Å². The second-order valence-corrected chi connectivity index (χ2v) is 6.27. The number of nitrogens with two attached hydrogens (primary N) is 1. The van der Waals surface area contributed by atoms with E-state index in [1.165, 1.54) is 5.56 Å². The van der Waals surface area contributed by atoms with Crippen molar-refractivity contribution in [1.29, 1.82) is 0 Å². The normalized spacial score (nSPS) is 19.6. The standard InChI is InChI=1S/C17H19N3O/c18-16-14(5-3-7-19-16)9-20-10-17(11-20)8-13-4-1-2-6-15(13)21-12-17/h1-7H,8-12H2,(H2,18,19). The molecule has 4 rings (SSSR count). The van der Waals surface area contributed by atoms with E-state index in [4.69, 9.17) is 10.5 Å². The van der Waals surface area contributed by atoms with Gasteiger partial charge in [0, 0.05) is 36.8 Å². The number of aromatic nitrogens is 1. The Morgan fingerprint density at radius 2 is 2.05 bits per heavy atom. The van der Waals surface area contributed by atoms with Crippen LogP contribution in [0.5, 0.6) is 5.75 Å². The van der Waals surface area contributed by atoms with Crippen LogP contribution in [-0.2, 0) is 13.0 Å². The van der Waals surface area contributed by atoms with Crippen LogP contribution in [0.25, 0.3) is 0 Å². The van der Waals surface area contributed by atoms with E-state index < -0.39 is 0 Å².